The van der Waals surface area contributed by atoms with Crippen molar-refractivity contribution in [3.05, 3.63) is 35.9 Å². The van der Waals surface area contributed by atoms with Gasteiger partial charge in [0.25, 0.3) is 0 Å². The first-order valence-corrected chi connectivity index (χ1v) is 6.54. The number of nitrogens with one attached hydrogen (secondary N) is 1. The Morgan fingerprint density at radius 2 is 1.83 bits per heavy atom. The van der Waals surface area contributed by atoms with Gasteiger partial charge in [0.1, 0.15) is 0 Å². The lowest BCUT2D eigenvalue weighted by Gasteiger charge is -2.21. The monoisotopic (exact) mass is 248 g/mol. The Bertz CT molecular complexity index is 362. The summed E-state index contributed by atoms with van der Waals surface area (Å²) in [4.78, 5) is 13.6. The highest BCUT2D eigenvalue weighted by Gasteiger charge is 2.11. The van der Waals surface area contributed by atoms with Gasteiger partial charge in [0.2, 0.25) is 0 Å². The zero-order chi connectivity index (χ0) is 13.5. The Kier molecular flexibility index (Phi) is 5.69. The minimum Gasteiger partial charge on any atom is -0.337 e. The lowest BCUT2D eigenvalue weighted by atomic mass is 10.0. The number of nitrogens with zero attached hydrogens (tertiary/aromatic N) is 1. The summed E-state index contributed by atoms with van der Waals surface area (Å²) in [5.41, 5.74) is 1.25. The maximum atomic E-state index is 11.8. The fraction of sp³-hybridized carbons (Fsp3) is 0.533. The largest absolute Gasteiger partial charge is 0.337 e. The summed E-state index contributed by atoms with van der Waals surface area (Å²) in [6.07, 6.45) is 0. The molecular weight excluding hydrogens is 224 g/mol. The van der Waals surface area contributed by atoms with Gasteiger partial charge in [-0.3, -0.25) is 0 Å². The lowest BCUT2D eigenvalue weighted by molar-refractivity contribution is 0.203. The van der Waals surface area contributed by atoms with Gasteiger partial charge in [-0.25, -0.2) is 4.79 Å². The molecule has 1 aromatic rings. The second-order valence-corrected chi connectivity index (χ2v) is 5.27. The molecule has 0 spiro atoms. The van der Waals surface area contributed by atoms with Gasteiger partial charge < -0.3 is 10.2 Å². The molecule has 3 heteroatoms. The third kappa shape index (κ3) is 4.78. The van der Waals surface area contributed by atoms with Crippen molar-refractivity contribution in [3.63, 3.8) is 0 Å². The predicted octanol–water partition coefficient (Wildman–Crippen LogP) is 3.09. The molecule has 0 fully saturated rings. The van der Waals surface area contributed by atoms with Crippen LogP contribution in [-0.2, 0) is 0 Å². The van der Waals surface area contributed by atoms with Crippen LogP contribution in [0.4, 0.5) is 4.79 Å². The van der Waals surface area contributed by atoms with Gasteiger partial charge in [-0.1, -0.05) is 51.1 Å². The Morgan fingerprint density at radius 1 is 1.22 bits per heavy atom. The molecule has 0 aliphatic rings. The molecule has 0 heterocycles. The van der Waals surface area contributed by atoms with E-state index in [1.54, 1.807) is 4.90 Å². The zero-order valence-corrected chi connectivity index (χ0v) is 11.8. The van der Waals surface area contributed by atoms with E-state index < -0.39 is 0 Å². The van der Waals surface area contributed by atoms with Crippen LogP contribution in [0.1, 0.15) is 32.3 Å². The Balaban J connectivity index is 2.39. The third-order valence-electron chi connectivity index (χ3n) is 2.91. The molecule has 0 saturated carbocycles. The van der Waals surface area contributed by atoms with Gasteiger partial charge >= 0.3 is 6.03 Å². The number of hydrogen-bond acceptors (Lipinski definition) is 1. The van der Waals surface area contributed by atoms with E-state index in [0.29, 0.717) is 18.4 Å². The Labute approximate surface area is 110 Å². The molecule has 0 aliphatic heterocycles. The van der Waals surface area contributed by atoms with Gasteiger partial charge in [-0.05, 0) is 17.4 Å². The molecule has 1 unspecified atom stereocenters. The minimum absolute atomic E-state index is 0.00600. The van der Waals surface area contributed by atoms with Crippen LogP contribution in [0.15, 0.2) is 30.3 Å². The molecule has 18 heavy (non-hydrogen) atoms. The van der Waals surface area contributed by atoms with Gasteiger partial charge in [0, 0.05) is 20.1 Å². The SMILES string of the molecule is CC(C)CN(C)C(=O)NCC(C)c1ccccc1. The highest BCUT2D eigenvalue weighted by Crippen LogP contribution is 2.13. The van der Waals surface area contributed by atoms with Gasteiger partial charge in [0.05, 0.1) is 0 Å². The summed E-state index contributed by atoms with van der Waals surface area (Å²) < 4.78 is 0. The third-order valence-corrected chi connectivity index (χ3v) is 2.91. The van der Waals surface area contributed by atoms with Crippen LogP contribution in [0.25, 0.3) is 0 Å². The van der Waals surface area contributed by atoms with Crippen molar-refractivity contribution >= 4 is 6.03 Å². The summed E-state index contributed by atoms with van der Waals surface area (Å²) >= 11 is 0. The maximum Gasteiger partial charge on any atom is 0.317 e. The summed E-state index contributed by atoms with van der Waals surface area (Å²) in [7, 11) is 1.84. The van der Waals surface area contributed by atoms with Crippen molar-refractivity contribution in [2.75, 3.05) is 20.1 Å². The first-order chi connectivity index (χ1) is 8.50. The van der Waals surface area contributed by atoms with Crippen molar-refractivity contribution < 1.29 is 4.79 Å². The molecule has 1 N–H and O–H groups in total. The van der Waals surface area contributed by atoms with Crippen LogP contribution >= 0.6 is 0 Å². The summed E-state index contributed by atoms with van der Waals surface area (Å²) in [5.74, 6) is 0.829. The highest BCUT2D eigenvalue weighted by atomic mass is 16.2. The quantitative estimate of drug-likeness (QED) is 0.853. The molecule has 0 bridgehead atoms. The van der Waals surface area contributed by atoms with Gasteiger partial charge in [-0.15, -0.1) is 0 Å². The van der Waals surface area contributed by atoms with Crippen LogP contribution in [0, 0.1) is 5.92 Å². The van der Waals surface area contributed by atoms with E-state index >= 15 is 0 Å². The molecule has 0 aromatic heterocycles. The van der Waals surface area contributed by atoms with E-state index in [1.165, 1.54) is 5.56 Å². The van der Waals surface area contributed by atoms with Crippen molar-refractivity contribution in [1.82, 2.24) is 10.2 Å². The first kappa shape index (κ1) is 14.6. The van der Waals surface area contributed by atoms with Crippen molar-refractivity contribution in [2.24, 2.45) is 5.92 Å². The van der Waals surface area contributed by atoms with Crippen LogP contribution < -0.4 is 5.32 Å². The number of amides is 2. The molecule has 1 rings (SSSR count). The summed E-state index contributed by atoms with van der Waals surface area (Å²) in [5, 5.41) is 2.97. The van der Waals surface area contributed by atoms with Gasteiger partial charge in [-0.2, -0.15) is 0 Å². The molecule has 1 aromatic carbocycles. The normalized spacial score (nSPS) is 12.3. The zero-order valence-electron chi connectivity index (χ0n) is 11.8. The topological polar surface area (TPSA) is 32.3 Å². The maximum absolute atomic E-state index is 11.8. The summed E-state index contributed by atoms with van der Waals surface area (Å²) in [6, 6.07) is 10.2. The van der Waals surface area contributed by atoms with E-state index in [0.717, 1.165) is 6.54 Å². The molecule has 3 nitrogen and oxygen atoms in total. The fourth-order valence-corrected chi connectivity index (χ4v) is 1.91. The van der Waals surface area contributed by atoms with Crippen LogP contribution in [-0.4, -0.2) is 31.1 Å². The Morgan fingerprint density at radius 3 is 2.39 bits per heavy atom. The number of hydrogen-bond donors (Lipinski definition) is 1. The van der Waals surface area contributed by atoms with Crippen molar-refractivity contribution in [1.29, 1.82) is 0 Å². The van der Waals surface area contributed by atoms with E-state index in [-0.39, 0.29) is 6.03 Å². The van der Waals surface area contributed by atoms with E-state index in [1.807, 2.05) is 25.2 Å². The average molecular weight is 248 g/mol. The summed E-state index contributed by atoms with van der Waals surface area (Å²) in [6.45, 7) is 7.79. The minimum atomic E-state index is 0.00600. The molecule has 0 radical (unpaired) electrons. The molecule has 100 valence electrons. The molecule has 0 saturated heterocycles. The molecule has 0 aliphatic carbocycles. The Hall–Kier alpha value is -1.51. The van der Waals surface area contributed by atoms with E-state index in [4.69, 9.17) is 0 Å². The van der Waals surface area contributed by atoms with Crippen LogP contribution in [0.3, 0.4) is 0 Å². The first-order valence-electron chi connectivity index (χ1n) is 6.54. The van der Waals surface area contributed by atoms with Crippen molar-refractivity contribution in [3.8, 4) is 0 Å². The second kappa shape index (κ2) is 7.04. The predicted molar refractivity (Wildman–Crippen MR) is 75.7 cm³/mol. The highest BCUT2D eigenvalue weighted by molar-refractivity contribution is 5.73. The van der Waals surface area contributed by atoms with Crippen LogP contribution in [0.2, 0.25) is 0 Å². The number of carbonyl (C=O) groups is 1. The lowest BCUT2D eigenvalue weighted by Crippen LogP contribution is -2.40. The molecular formula is C15H24N2O. The van der Waals surface area contributed by atoms with E-state index in [2.05, 4.69) is 38.2 Å². The number of benzene rings is 1. The standard InChI is InChI=1S/C15H24N2O/c1-12(2)11-17(4)15(18)16-10-13(3)14-8-6-5-7-9-14/h5-9,12-13H,10-11H2,1-4H3,(H,16,18). The second-order valence-electron chi connectivity index (χ2n) is 5.27. The average Bonchev–Trinajstić information content (AvgIpc) is 2.35. The van der Waals surface area contributed by atoms with Crippen molar-refractivity contribution in [2.45, 2.75) is 26.7 Å². The number of carbonyl (C=O) groups excluding carboxylic acids is 1. The smallest absolute Gasteiger partial charge is 0.317 e. The van der Waals surface area contributed by atoms with Crippen LogP contribution in [0.5, 0.6) is 0 Å². The molecule has 1 atom stereocenters. The van der Waals surface area contributed by atoms with Gasteiger partial charge in [0.15, 0.2) is 0 Å². The van der Waals surface area contributed by atoms with E-state index in [9.17, 15) is 4.79 Å². The number of urea groups is 1. The fourth-order valence-electron chi connectivity index (χ4n) is 1.91. The number of rotatable bonds is 5. The molecule has 2 amide bonds.